The molecule has 21 heavy (non-hydrogen) atoms. The maximum Gasteiger partial charge on any atom is 0.338 e. The average Bonchev–Trinajstić information content (AvgIpc) is 2.50. The van der Waals surface area contributed by atoms with Gasteiger partial charge < -0.3 is 15.2 Å². The van der Waals surface area contributed by atoms with Gasteiger partial charge in [-0.1, -0.05) is 24.3 Å². The Hall–Kier alpha value is -2.49. The Morgan fingerprint density at radius 2 is 1.86 bits per heavy atom. The third-order valence-corrected chi connectivity index (χ3v) is 3.02. The molecule has 0 aromatic heterocycles. The number of carbonyl (C=O) groups excluding carboxylic acids is 1. The molecule has 0 aliphatic carbocycles. The van der Waals surface area contributed by atoms with Crippen LogP contribution in [0, 0.1) is 6.92 Å². The number of esters is 1. The standard InChI is InChI=1S/C17H19NO3/c1-13-8-9-14(18)12-16(13)17(19)21-11-5-10-20-15-6-3-2-4-7-15/h2-4,6-9,12H,5,10-11,18H2,1H3. The minimum absolute atomic E-state index is 0.319. The second-order valence-corrected chi connectivity index (χ2v) is 4.73. The van der Waals surface area contributed by atoms with Crippen LogP contribution in [0.1, 0.15) is 22.3 Å². The van der Waals surface area contributed by atoms with E-state index < -0.39 is 0 Å². The van der Waals surface area contributed by atoms with Crippen LogP contribution in [-0.2, 0) is 4.74 Å². The third-order valence-electron chi connectivity index (χ3n) is 3.02. The molecule has 2 aromatic rings. The van der Waals surface area contributed by atoms with Crippen LogP contribution < -0.4 is 10.5 Å². The van der Waals surface area contributed by atoms with E-state index in [1.165, 1.54) is 0 Å². The lowest BCUT2D eigenvalue weighted by Crippen LogP contribution is -2.11. The van der Waals surface area contributed by atoms with Gasteiger partial charge in [0.15, 0.2) is 0 Å². The largest absolute Gasteiger partial charge is 0.493 e. The summed E-state index contributed by atoms with van der Waals surface area (Å²) in [6.45, 7) is 2.68. The van der Waals surface area contributed by atoms with Crippen LogP contribution in [0.2, 0.25) is 0 Å². The second-order valence-electron chi connectivity index (χ2n) is 4.73. The average molecular weight is 285 g/mol. The van der Waals surface area contributed by atoms with Gasteiger partial charge in [-0.15, -0.1) is 0 Å². The summed E-state index contributed by atoms with van der Waals surface area (Å²) >= 11 is 0. The first-order chi connectivity index (χ1) is 10.2. The molecule has 0 bridgehead atoms. The van der Waals surface area contributed by atoms with E-state index in [0.29, 0.717) is 30.9 Å². The molecule has 0 spiro atoms. The Bertz CT molecular complexity index is 596. The van der Waals surface area contributed by atoms with E-state index >= 15 is 0 Å². The SMILES string of the molecule is Cc1ccc(N)cc1C(=O)OCCCOc1ccccc1. The van der Waals surface area contributed by atoms with Gasteiger partial charge in [-0.2, -0.15) is 0 Å². The highest BCUT2D eigenvalue weighted by molar-refractivity contribution is 5.92. The monoisotopic (exact) mass is 285 g/mol. The van der Waals surface area contributed by atoms with Gasteiger partial charge in [0.2, 0.25) is 0 Å². The Balaban J connectivity index is 1.73. The first-order valence-corrected chi connectivity index (χ1v) is 6.88. The van der Waals surface area contributed by atoms with Gasteiger partial charge in [-0.25, -0.2) is 4.79 Å². The molecule has 0 radical (unpaired) electrons. The molecule has 0 saturated carbocycles. The normalized spacial score (nSPS) is 10.1. The number of hydrogen-bond donors (Lipinski definition) is 1. The molecule has 0 saturated heterocycles. The van der Waals surface area contributed by atoms with Crippen molar-refractivity contribution in [3.63, 3.8) is 0 Å². The Kier molecular flexibility index (Phi) is 5.21. The minimum Gasteiger partial charge on any atom is -0.493 e. The van der Waals surface area contributed by atoms with Crippen LogP contribution in [0.15, 0.2) is 48.5 Å². The van der Waals surface area contributed by atoms with Gasteiger partial charge >= 0.3 is 5.97 Å². The zero-order chi connectivity index (χ0) is 15.1. The molecule has 0 aliphatic heterocycles. The molecule has 0 fully saturated rings. The molecule has 0 heterocycles. The molecule has 4 nitrogen and oxygen atoms in total. The highest BCUT2D eigenvalue weighted by Gasteiger charge is 2.10. The van der Waals surface area contributed by atoms with Crippen molar-refractivity contribution in [1.29, 1.82) is 0 Å². The van der Waals surface area contributed by atoms with Crippen molar-refractivity contribution in [3.05, 3.63) is 59.7 Å². The highest BCUT2D eigenvalue weighted by Crippen LogP contribution is 2.14. The third kappa shape index (κ3) is 4.53. The molecule has 2 rings (SSSR count). The van der Waals surface area contributed by atoms with E-state index in [0.717, 1.165) is 11.3 Å². The lowest BCUT2D eigenvalue weighted by atomic mass is 10.1. The zero-order valence-electron chi connectivity index (χ0n) is 12.0. The summed E-state index contributed by atoms with van der Waals surface area (Å²) in [4.78, 5) is 11.9. The van der Waals surface area contributed by atoms with Crippen molar-refractivity contribution in [1.82, 2.24) is 0 Å². The number of aryl methyl sites for hydroxylation is 1. The van der Waals surface area contributed by atoms with Crippen molar-refractivity contribution in [2.75, 3.05) is 18.9 Å². The summed E-state index contributed by atoms with van der Waals surface area (Å²) in [6.07, 6.45) is 0.641. The maximum atomic E-state index is 11.9. The topological polar surface area (TPSA) is 61.6 Å². The summed E-state index contributed by atoms with van der Waals surface area (Å²) in [5.41, 5.74) is 7.60. The van der Waals surface area contributed by atoms with Gasteiger partial charge in [0.25, 0.3) is 0 Å². The van der Waals surface area contributed by atoms with Crippen LogP contribution >= 0.6 is 0 Å². The van der Waals surface area contributed by atoms with Crippen molar-refractivity contribution >= 4 is 11.7 Å². The lowest BCUT2D eigenvalue weighted by molar-refractivity contribution is 0.0485. The van der Waals surface area contributed by atoms with E-state index in [1.807, 2.05) is 43.3 Å². The van der Waals surface area contributed by atoms with E-state index in [9.17, 15) is 4.79 Å². The predicted molar refractivity (Wildman–Crippen MR) is 82.4 cm³/mol. The molecule has 110 valence electrons. The fourth-order valence-electron chi connectivity index (χ4n) is 1.87. The smallest absolute Gasteiger partial charge is 0.338 e. The van der Waals surface area contributed by atoms with Crippen molar-refractivity contribution in [3.8, 4) is 5.75 Å². The summed E-state index contributed by atoms with van der Waals surface area (Å²) in [5, 5.41) is 0. The van der Waals surface area contributed by atoms with Gasteiger partial charge in [-0.05, 0) is 36.8 Å². The number of carbonyl (C=O) groups is 1. The Morgan fingerprint density at radius 1 is 1.10 bits per heavy atom. The molecule has 0 aliphatic rings. The zero-order valence-corrected chi connectivity index (χ0v) is 12.0. The molecule has 2 aromatic carbocycles. The van der Waals surface area contributed by atoms with Gasteiger partial charge in [0.1, 0.15) is 5.75 Å². The molecule has 4 heteroatoms. The van der Waals surface area contributed by atoms with Gasteiger partial charge in [0, 0.05) is 12.1 Å². The highest BCUT2D eigenvalue weighted by atomic mass is 16.5. The number of hydrogen-bond acceptors (Lipinski definition) is 4. The molecule has 0 atom stereocenters. The molecule has 2 N–H and O–H groups in total. The summed E-state index contributed by atoms with van der Waals surface area (Å²) in [7, 11) is 0. The van der Waals surface area contributed by atoms with Crippen LogP contribution in [0.4, 0.5) is 5.69 Å². The summed E-state index contributed by atoms with van der Waals surface area (Å²) in [5.74, 6) is 0.468. The van der Waals surface area contributed by atoms with E-state index in [1.54, 1.807) is 12.1 Å². The Morgan fingerprint density at radius 3 is 2.62 bits per heavy atom. The maximum absolute atomic E-state index is 11.9. The van der Waals surface area contributed by atoms with Crippen LogP contribution in [0.25, 0.3) is 0 Å². The summed E-state index contributed by atoms with van der Waals surface area (Å²) < 4.78 is 10.8. The van der Waals surface area contributed by atoms with Crippen molar-refractivity contribution in [2.24, 2.45) is 0 Å². The van der Waals surface area contributed by atoms with Crippen LogP contribution in [0.5, 0.6) is 5.75 Å². The van der Waals surface area contributed by atoms with E-state index in [4.69, 9.17) is 15.2 Å². The fraction of sp³-hybridized carbons (Fsp3) is 0.235. The molecule has 0 amide bonds. The van der Waals surface area contributed by atoms with E-state index in [-0.39, 0.29) is 5.97 Å². The number of para-hydroxylation sites is 1. The molecular formula is C17H19NO3. The quantitative estimate of drug-likeness (QED) is 0.503. The van der Waals surface area contributed by atoms with E-state index in [2.05, 4.69) is 0 Å². The first-order valence-electron chi connectivity index (χ1n) is 6.88. The lowest BCUT2D eigenvalue weighted by Gasteiger charge is -2.09. The Labute approximate surface area is 124 Å². The van der Waals surface area contributed by atoms with Crippen molar-refractivity contribution < 1.29 is 14.3 Å². The fourth-order valence-corrected chi connectivity index (χ4v) is 1.87. The second kappa shape index (κ2) is 7.33. The van der Waals surface area contributed by atoms with Crippen LogP contribution in [0.3, 0.4) is 0 Å². The number of ether oxygens (including phenoxy) is 2. The first kappa shape index (κ1) is 14.9. The molecule has 0 unspecified atom stereocenters. The summed E-state index contributed by atoms with van der Waals surface area (Å²) in [6, 6.07) is 14.8. The predicted octanol–water partition coefficient (Wildman–Crippen LogP) is 3.20. The van der Waals surface area contributed by atoms with Gasteiger partial charge in [-0.3, -0.25) is 0 Å². The number of nitrogens with two attached hydrogens (primary N) is 1. The van der Waals surface area contributed by atoms with Gasteiger partial charge in [0.05, 0.1) is 18.8 Å². The number of nitrogen functional groups attached to an aromatic ring is 1. The number of benzene rings is 2. The molecular weight excluding hydrogens is 266 g/mol. The minimum atomic E-state index is -0.348. The van der Waals surface area contributed by atoms with Crippen molar-refractivity contribution in [2.45, 2.75) is 13.3 Å². The number of anilines is 1. The van der Waals surface area contributed by atoms with Crippen LogP contribution in [-0.4, -0.2) is 19.2 Å². The number of rotatable bonds is 6.